The number of nitrogens with zero attached hydrogens (tertiary/aromatic N) is 1. The van der Waals surface area contributed by atoms with Gasteiger partial charge in [0.2, 0.25) is 0 Å². The quantitative estimate of drug-likeness (QED) is 0.366. The second-order valence-corrected chi connectivity index (χ2v) is 2.49. The largest absolute Gasteiger partial charge is 0.315 e. The number of hydrogen-bond acceptors (Lipinski definition) is 3. The molecule has 13 heavy (non-hydrogen) atoms. The second kappa shape index (κ2) is 3.86. The first-order valence-corrected chi connectivity index (χ1v) is 3.91. The number of nitrogens with one attached hydrogen (secondary N) is 1. The SMILES string of the molecule is CCn1cccc(C(=O)NN)c1=O. The molecule has 0 aromatic carbocycles. The van der Waals surface area contributed by atoms with Crippen LogP contribution in [0.3, 0.4) is 0 Å². The average molecular weight is 181 g/mol. The number of nitrogens with two attached hydrogens (primary N) is 1. The van der Waals surface area contributed by atoms with Crippen molar-refractivity contribution in [1.82, 2.24) is 9.99 Å². The van der Waals surface area contributed by atoms with E-state index in [0.717, 1.165) is 0 Å². The van der Waals surface area contributed by atoms with E-state index in [0.29, 0.717) is 6.54 Å². The van der Waals surface area contributed by atoms with Crippen LogP contribution in [0.2, 0.25) is 0 Å². The van der Waals surface area contributed by atoms with Crippen molar-refractivity contribution in [3.05, 3.63) is 34.2 Å². The van der Waals surface area contributed by atoms with Crippen molar-refractivity contribution in [2.75, 3.05) is 0 Å². The van der Waals surface area contributed by atoms with E-state index < -0.39 is 5.91 Å². The molecule has 0 aliphatic carbocycles. The molecule has 0 radical (unpaired) electrons. The zero-order valence-electron chi connectivity index (χ0n) is 7.28. The van der Waals surface area contributed by atoms with E-state index in [1.54, 1.807) is 12.3 Å². The summed E-state index contributed by atoms with van der Waals surface area (Å²) in [5, 5.41) is 0. The van der Waals surface area contributed by atoms with Crippen LogP contribution >= 0.6 is 0 Å². The molecule has 0 atom stereocenters. The normalized spacial score (nSPS) is 9.69. The van der Waals surface area contributed by atoms with Crippen LogP contribution in [-0.4, -0.2) is 10.5 Å². The van der Waals surface area contributed by atoms with Crippen LogP contribution in [0.1, 0.15) is 17.3 Å². The van der Waals surface area contributed by atoms with Crippen LogP contribution in [0.4, 0.5) is 0 Å². The van der Waals surface area contributed by atoms with Gasteiger partial charge in [-0.05, 0) is 19.1 Å². The maximum Gasteiger partial charge on any atom is 0.270 e. The summed E-state index contributed by atoms with van der Waals surface area (Å²) in [5.74, 6) is 4.35. The Hall–Kier alpha value is -1.62. The number of aromatic nitrogens is 1. The van der Waals surface area contributed by atoms with E-state index >= 15 is 0 Å². The highest BCUT2D eigenvalue weighted by molar-refractivity contribution is 5.93. The standard InChI is InChI=1S/C8H11N3O2/c1-2-11-5-3-4-6(8(11)13)7(12)10-9/h3-5H,2,9H2,1H3,(H,10,12). The predicted octanol–water partition coefficient (Wildman–Crippen LogP) is -0.528. The Labute approximate surface area is 75.1 Å². The van der Waals surface area contributed by atoms with Crippen molar-refractivity contribution < 1.29 is 4.79 Å². The van der Waals surface area contributed by atoms with E-state index in [1.165, 1.54) is 10.6 Å². The van der Waals surface area contributed by atoms with Gasteiger partial charge in [-0.3, -0.25) is 15.0 Å². The molecule has 1 heterocycles. The van der Waals surface area contributed by atoms with Crippen LogP contribution in [0.25, 0.3) is 0 Å². The summed E-state index contributed by atoms with van der Waals surface area (Å²) in [6, 6.07) is 3.08. The highest BCUT2D eigenvalue weighted by Crippen LogP contribution is 1.90. The molecule has 1 aromatic heterocycles. The van der Waals surface area contributed by atoms with Crippen molar-refractivity contribution in [3.63, 3.8) is 0 Å². The summed E-state index contributed by atoms with van der Waals surface area (Å²) in [5.41, 5.74) is 1.66. The summed E-state index contributed by atoms with van der Waals surface area (Å²) >= 11 is 0. The minimum Gasteiger partial charge on any atom is -0.315 e. The molecular formula is C8H11N3O2. The van der Waals surface area contributed by atoms with Crippen LogP contribution in [0.5, 0.6) is 0 Å². The van der Waals surface area contributed by atoms with Gasteiger partial charge < -0.3 is 4.57 Å². The molecule has 0 saturated carbocycles. The fraction of sp³-hybridized carbons (Fsp3) is 0.250. The van der Waals surface area contributed by atoms with Gasteiger partial charge in [0.1, 0.15) is 5.56 Å². The number of hydrazine groups is 1. The van der Waals surface area contributed by atoms with Crippen molar-refractivity contribution in [1.29, 1.82) is 0 Å². The van der Waals surface area contributed by atoms with Gasteiger partial charge in [0, 0.05) is 12.7 Å². The van der Waals surface area contributed by atoms with Crippen LogP contribution < -0.4 is 16.8 Å². The summed E-state index contributed by atoms with van der Waals surface area (Å²) in [4.78, 5) is 22.5. The minimum atomic E-state index is -0.562. The average Bonchev–Trinajstić information content (AvgIpc) is 2.17. The Balaban J connectivity index is 3.24. The van der Waals surface area contributed by atoms with Gasteiger partial charge in [-0.2, -0.15) is 0 Å². The number of nitrogen functional groups attached to an aromatic ring is 1. The van der Waals surface area contributed by atoms with Crippen LogP contribution in [0, 0.1) is 0 Å². The minimum absolute atomic E-state index is 0.0619. The van der Waals surface area contributed by atoms with Crippen LogP contribution in [-0.2, 0) is 6.54 Å². The number of carbonyl (C=O) groups is 1. The molecule has 5 nitrogen and oxygen atoms in total. The summed E-state index contributed by atoms with van der Waals surface area (Å²) in [7, 11) is 0. The molecule has 3 N–H and O–H groups in total. The van der Waals surface area contributed by atoms with E-state index in [1.807, 2.05) is 12.3 Å². The van der Waals surface area contributed by atoms with Gasteiger partial charge in [-0.1, -0.05) is 0 Å². The highest BCUT2D eigenvalue weighted by Gasteiger charge is 2.08. The Morgan fingerprint density at radius 2 is 2.38 bits per heavy atom. The third-order valence-corrected chi connectivity index (χ3v) is 1.74. The van der Waals surface area contributed by atoms with Crippen molar-refractivity contribution in [2.45, 2.75) is 13.5 Å². The topological polar surface area (TPSA) is 77.1 Å². The van der Waals surface area contributed by atoms with E-state index in [4.69, 9.17) is 5.84 Å². The third-order valence-electron chi connectivity index (χ3n) is 1.74. The third kappa shape index (κ3) is 1.75. The maximum atomic E-state index is 11.4. The van der Waals surface area contributed by atoms with Gasteiger partial charge in [-0.25, -0.2) is 5.84 Å². The molecular weight excluding hydrogens is 170 g/mol. The summed E-state index contributed by atoms with van der Waals surface area (Å²) in [6.07, 6.45) is 1.62. The van der Waals surface area contributed by atoms with E-state index in [-0.39, 0.29) is 11.1 Å². The smallest absolute Gasteiger partial charge is 0.270 e. The summed E-state index contributed by atoms with van der Waals surface area (Å²) in [6.45, 7) is 2.36. The Bertz CT molecular complexity index is 370. The maximum absolute atomic E-state index is 11.4. The Kier molecular flexibility index (Phi) is 2.81. The number of pyridine rings is 1. The Morgan fingerprint density at radius 3 is 2.92 bits per heavy atom. The lowest BCUT2D eigenvalue weighted by Crippen LogP contribution is -2.36. The molecule has 1 aromatic rings. The van der Waals surface area contributed by atoms with E-state index in [2.05, 4.69) is 0 Å². The molecule has 70 valence electrons. The number of amides is 1. The van der Waals surface area contributed by atoms with Gasteiger partial charge >= 0.3 is 0 Å². The lowest BCUT2D eigenvalue weighted by molar-refractivity contribution is 0.0951. The molecule has 0 fully saturated rings. The molecule has 0 saturated heterocycles. The number of rotatable bonds is 2. The van der Waals surface area contributed by atoms with E-state index in [9.17, 15) is 9.59 Å². The predicted molar refractivity (Wildman–Crippen MR) is 48.0 cm³/mol. The van der Waals surface area contributed by atoms with Crippen LogP contribution in [0.15, 0.2) is 23.1 Å². The molecule has 0 aliphatic rings. The molecule has 1 amide bonds. The number of carbonyl (C=O) groups excluding carboxylic acids is 1. The first-order chi connectivity index (χ1) is 6.20. The van der Waals surface area contributed by atoms with Crippen molar-refractivity contribution in [3.8, 4) is 0 Å². The van der Waals surface area contributed by atoms with Gasteiger partial charge in [0.05, 0.1) is 0 Å². The lowest BCUT2D eigenvalue weighted by atomic mass is 10.2. The fourth-order valence-electron chi connectivity index (χ4n) is 1.04. The van der Waals surface area contributed by atoms with Gasteiger partial charge in [-0.15, -0.1) is 0 Å². The molecule has 0 aliphatic heterocycles. The first-order valence-electron chi connectivity index (χ1n) is 3.91. The van der Waals surface area contributed by atoms with Crippen molar-refractivity contribution in [2.24, 2.45) is 5.84 Å². The highest BCUT2D eigenvalue weighted by atomic mass is 16.2. The lowest BCUT2D eigenvalue weighted by Gasteiger charge is -2.03. The van der Waals surface area contributed by atoms with Crippen molar-refractivity contribution >= 4 is 5.91 Å². The zero-order chi connectivity index (χ0) is 9.84. The molecule has 0 unspecified atom stereocenters. The molecule has 1 rings (SSSR count). The zero-order valence-corrected chi connectivity index (χ0v) is 7.28. The van der Waals surface area contributed by atoms with Gasteiger partial charge in [0.25, 0.3) is 11.5 Å². The molecule has 5 heteroatoms. The van der Waals surface area contributed by atoms with Gasteiger partial charge in [0.15, 0.2) is 0 Å². The summed E-state index contributed by atoms with van der Waals surface area (Å²) < 4.78 is 1.44. The first kappa shape index (κ1) is 9.47. The Morgan fingerprint density at radius 1 is 1.69 bits per heavy atom. The number of aryl methyl sites for hydroxylation is 1. The monoisotopic (exact) mass is 181 g/mol. The number of hydrogen-bond donors (Lipinski definition) is 2. The molecule has 0 bridgehead atoms. The molecule has 0 spiro atoms. The fourth-order valence-corrected chi connectivity index (χ4v) is 1.04. The second-order valence-electron chi connectivity index (χ2n) is 2.49.